The highest BCUT2D eigenvalue weighted by Gasteiger charge is 2.20. The first kappa shape index (κ1) is 19.7. The van der Waals surface area contributed by atoms with Crippen LogP contribution >= 0.6 is 0 Å². The maximum atomic E-state index is 4.94. The van der Waals surface area contributed by atoms with E-state index in [0.29, 0.717) is 0 Å². The molecule has 5 aromatic heterocycles. The van der Waals surface area contributed by atoms with E-state index in [1.54, 1.807) is 0 Å². The summed E-state index contributed by atoms with van der Waals surface area (Å²) in [6.07, 6.45) is 11.0. The fraction of sp³-hybridized carbons (Fsp3) is 0.292. The lowest BCUT2D eigenvalue weighted by molar-refractivity contribution is 0.574. The Morgan fingerprint density at radius 3 is 2.70 bits per heavy atom. The molecule has 0 atom stereocenters. The lowest BCUT2D eigenvalue weighted by Crippen LogP contribution is -2.30. The van der Waals surface area contributed by atoms with Gasteiger partial charge in [-0.2, -0.15) is 5.10 Å². The summed E-state index contributed by atoms with van der Waals surface area (Å²) in [4.78, 5) is 26.4. The van der Waals surface area contributed by atoms with Crippen molar-refractivity contribution in [1.29, 1.82) is 0 Å². The molecule has 6 heterocycles. The largest absolute Gasteiger partial charge is 0.376 e. The van der Waals surface area contributed by atoms with Crippen molar-refractivity contribution >= 4 is 33.4 Å². The summed E-state index contributed by atoms with van der Waals surface area (Å²) in [5.41, 5.74) is 6.31. The molecular weight excluding hydrogens is 414 g/mol. The second kappa shape index (κ2) is 7.84. The van der Waals surface area contributed by atoms with Crippen LogP contribution < -0.4 is 9.80 Å². The molecule has 9 nitrogen and oxygen atoms in total. The van der Waals surface area contributed by atoms with Crippen LogP contribution in [0.25, 0.3) is 44.7 Å². The molecule has 0 spiro atoms. The first-order chi connectivity index (χ1) is 16.2. The number of rotatable bonds is 4. The highest BCUT2D eigenvalue weighted by molar-refractivity contribution is 5.96. The van der Waals surface area contributed by atoms with Gasteiger partial charge in [-0.1, -0.05) is 0 Å². The molecule has 1 saturated heterocycles. The second-order valence-electron chi connectivity index (χ2n) is 8.68. The van der Waals surface area contributed by atoms with Crippen molar-refractivity contribution in [2.24, 2.45) is 0 Å². The Hall–Kier alpha value is -4.01. The van der Waals surface area contributed by atoms with Crippen molar-refractivity contribution in [1.82, 2.24) is 35.1 Å². The van der Waals surface area contributed by atoms with E-state index in [1.807, 2.05) is 55.9 Å². The second-order valence-corrected chi connectivity index (χ2v) is 8.68. The highest BCUT2D eigenvalue weighted by Crippen LogP contribution is 2.32. The van der Waals surface area contributed by atoms with Gasteiger partial charge in [-0.15, -0.1) is 0 Å². The smallest absolute Gasteiger partial charge is 0.159 e. The Balaban J connectivity index is 1.44. The summed E-state index contributed by atoms with van der Waals surface area (Å²) in [5.74, 6) is 1.67. The molecule has 0 bridgehead atoms. The van der Waals surface area contributed by atoms with Crippen molar-refractivity contribution in [3.63, 3.8) is 0 Å². The summed E-state index contributed by atoms with van der Waals surface area (Å²) >= 11 is 0. The maximum absolute atomic E-state index is 4.94. The molecule has 2 N–H and O–H groups in total. The molecule has 9 heteroatoms. The molecule has 0 radical (unpaired) electrons. The molecule has 166 valence electrons. The summed E-state index contributed by atoms with van der Waals surface area (Å²) < 4.78 is 0. The Morgan fingerprint density at radius 1 is 0.970 bits per heavy atom. The Labute approximate surface area is 190 Å². The zero-order valence-electron chi connectivity index (χ0n) is 18.7. The number of H-pyrrole nitrogens is 2. The number of pyridine rings is 3. The SMILES string of the molecule is CN(C)c1cncc(-c2cc3c(-c4nc5c(N6CCCCC6)nccc5[nH]4)n[nH]c3cn2)c1. The van der Waals surface area contributed by atoms with E-state index < -0.39 is 0 Å². The molecule has 5 aromatic rings. The third-order valence-corrected chi connectivity index (χ3v) is 6.24. The van der Waals surface area contributed by atoms with Gasteiger partial charge in [0, 0.05) is 50.5 Å². The molecular formula is C24H25N9. The zero-order valence-corrected chi connectivity index (χ0v) is 18.7. The summed E-state index contributed by atoms with van der Waals surface area (Å²) in [6, 6.07) is 6.10. The van der Waals surface area contributed by atoms with Crippen LogP contribution in [0, 0.1) is 0 Å². The molecule has 1 aliphatic rings. The van der Waals surface area contributed by atoms with Crippen molar-refractivity contribution in [2.45, 2.75) is 19.3 Å². The summed E-state index contributed by atoms with van der Waals surface area (Å²) in [6.45, 7) is 2.05. The van der Waals surface area contributed by atoms with E-state index >= 15 is 0 Å². The molecule has 1 fully saturated rings. The van der Waals surface area contributed by atoms with E-state index in [9.17, 15) is 0 Å². The normalized spacial score (nSPS) is 14.3. The number of anilines is 2. The first-order valence-corrected chi connectivity index (χ1v) is 11.2. The van der Waals surface area contributed by atoms with Crippen LogP contribution in [-0.4, -0.2) is 62.3 Å². The van der Waals surface area contributed by atoms with E-state index in [0.717, 1.165) is 69.3 Å². The number of aromatic nitrogens is 7. The minimum absolute atomic E-state index is 0.722. The quantitative estimate of drug-likeness (QED) is 0.436. The lowest BCUT2D eigenvalue weighted by atomic mass is 10.1. The predicted octanol–water partition coefficient (Wildman–Crippen LogP) is 4.01. The fourth-order valence-corrected chi connectivity index (χ4v) is 4.44. The van der Waals surface area contributed by atoms with Crippen molar-refractivity contribution in [3.8, 4) is 22.8 Å². The number of nitrogens with one attached hydrogen (secondary N) is 2. The molecule has 6 rings (SSSR count). The third kappa shape index (κ3) is 3.45. The molecule has 1 aliphatic heterocycles. The average Bonchev–Trinajstić information content (AvgIpc) is 3.48. The number of nitrogens with zero attached hydrogens (tertiary/aromatic N) is 7. The average molecular weight is 440 g/mol. The van der Waals surface area contributed by atoms with Crippen LogP contribution in [0.2, 0.25) is 0 Å². The van der Waals surface area contributed by atoms with Gasteiger partial charge in [-0.3, -0.25) is 15.1 Å². The monoisotopic (exact) mass is 439 g/mol. The van der Waals surface area contributed by atoms with Gasteiger partial charge >= 0.3 is 0 Å². The molecule has 0 aromatic carbocycles. The Morgan fingerprint density at radius 2 is 1.85 bits per heavy atom. The van der Waals surface area contributed by atoms with Gasteiger partial charge in [0.2, 0.25) is 0 Å². The van der Waals surface area contributed by atoms with Crippen LogP contribution in [0.15, 0.2) is 43.0 Å². The van der Waals surface area contributed by atoms with Crippen LogP contribution in [0.4, 0.5) is 11.5 Å². The molecule has 0 amide bonds. The number of fused-ring (bicyclic) bond motifs is 2. The van der Waals surface area contributed by atoms with E-state index in [1.165, 1.54) is 19.3 Å². The van der Waals surface area contributed by atoms with Gasteiger partial charge in [0.25, 0.3) is 0 Å². The lowest BCUT2D eigenvalue weighted by Gasteiger charge is -2.27. The topological polar surface area (TPSA) is 103 Å². The minimum Gasteiger partial charge on any atom is -0.376 e. The van der Waals surface area contributed by atoms with Crippen LogP contribution in [0.3, 0.4) is 0 Å². The summed E-state index contributed by atoms with van der Waals surface area (Å²) in [7, 11) is 4.00. The molecule has 33 heavy (non-hydrogen) atoms. The van der Waals surface area contributed by atoms with Crippen molar-refractivity contribution in [3.05, 3.63) is 43.0 Å². The van der Waals surface area contributed by atoms with Gasteiger partial charge in [0.15, 0.2) is 11.6 Å². The Kier molecular flexibility index (Phi) is 4.67. The van der Waals surface area contributed by atoms with E-state index in [4.69, 9.17) is 4.98 Å². The number of hydrogen-bond donors (Lipinski definition) is 2. The number of piperidine rings is 1. The van der Waals surface area contributed by atoms with Crippen LogP contribution in [-0.2, 0) is 0 Å². The van der Waals surface area contributed by atoms with Gasteiger partial charge < -0.3 is 14.8 Å². The van der Waals surface area contributed by atoms with Crippen molar-refractivity contribution in [2.75, 3.05) is 37.0 Å². The fourth-order valence-electron chi connectivity index (χ4n) is 4.44. The van der Waals surface area contributed by atoms with Gasteiger partial charge in [0.1, 0.15) is 11.2 Å². The first-order valence-electron chi connectivity index (χ1n) is 11.2. The van der Waals surface area contributed by atoms with Crippen LogP contribution in [0.1, 0.15) is 19.3 Å². The predicted molar refractivity (Wildman–Crippen MR) is 130 cm³/mol. The Bertz CT molecular complexity index is 1440. The van der Waals surface area contributed by atoms with Gasteiger partial charge in [0.05, 0.1) is 34.8 Å². The zero-order chi connectivity index (χ0) is 22.4. The standard InChI is InChI=1S/C24H25N9/c1-32(2)16-10-15(12-25-13-16)19-11-17-20(14-27-19)30-31-21(17)23-28-18-6-7-26-24(22(18)29-23)33-8-4-3-5-9-33/h6-7,10-14H,3-5,8-9H2,1-2H3,(H,28,29)(H,30,31). The minimum atomic E-state index is 0.722. The highest BCUT2D eigenvalue weighted by atomic mass is 15.2. The third-order valence-electron chi connectivity index (χ3n) is 6.24. The number of aromatic amines is 2. The van der Waals surface area contributed by atoms with Gasteiger partial charge in [-0.25, -0.2) is 9.97 Å². The molecule has 0 aliphatic carbocycles. The number of imidazole rings is 1. The van der Waals surface area contributed by atoms with E-state index in [-0.39, 0.29) is 0 Å². The van der Waals surface area contributed by atoms with Crippen molar-refractivity contribution < 1.29 is 0 Å². The molecule has 0 saturated carbocycles. The van der Waals surface area contributed by atoms with E-state index in [2.05, 4.69) is 41.1 Å². The number of hydrogen-bond acceptors (Lipinski definition) is 7. The summed E-state index contributed by atoms with van der Waals surface area (Å²) in [5, 5.41) is 8.62. The van der Waals surface area contributed by atoms with Gasteiger partial charge in [-0.05, 0) is 37.5 Å². The maximum Gasteiger partial charge on any atom is 0.159 e. The molecule has 0 unspecified atom stereocenters. The van der Waals surface area contributed by atoms with Crippen LogP contribution in [0.5, 0.6) is 0 Å².